The van der Waals surface area contributed by atoms with Crippen molar-refractivity contribution in [2.45, 2.75) is 0 Å². The van der Waals surface area contributed by atoms with E-state index in [4.69, 9.17) is 12.6 Å². The molecule has 0 bridgehead atoms. The Kier molecular flexibility index (Phi) is 4.30. The smallest absolute Gasteiger partial charge is 0.136 e. The molecule has 0 aliphatic heterocycles. The molecule has 0 fully saturated rings. The number of benzene rings is 8. The fraction of sp³-hybridized carbons (Fsp3) is 0. The van der Waals surface area contributed by atoms with Crippen LogP contribution in [0.3, 0.4) is 0 Å². The molecule has 0 saturated heterocycles. The van der Waals surface area contributed by atoms with E-state index < -0.39 is 24.2 Å². The molecule has 0 amide bonds. The van der Waals surface area contributed by atoms with E-state index in [2.05, 4.69) is 24.3 Å². The summed E-state index contributed by atoms with van der Waals surface area (Å²) in [6.07, 6.45) is 0. The normalized spacial score (nSPS) is 14.0. The number of para-hydroxylation sites is 1. The molecule has 0 N–H and O–H groups in total. The van der Waals surface area contributed by atoms with Gasteiger partial charge in [-0.3, -0.25) is 0 Å². The molecule has 210 valence electrons. The SMILES string of the molecule is [2H]c1c([2H])c([2H])c2c(-c3ccc(-c4cc(-c5ccccc5)c5c(c4)oc4ccccc45)cc3)c3c([2H])c([2H])c([2H])c([2H])c3c(-c3ccccc3)c2c1[2H]. The van der Waals surface area contributed by atoms with Gasteiger partial charge < -0.3 is 4.42 Å². The van der Waals surface area contributed by atoms with Gasteiger partial charge in [-0.2, -0.15) is 0 Å². The monoisotopic (exact) mass is 580 g/mol. The molecule has 9 aromatic rings. The lowest BCUT2D eigenvalue weighted by Gasteiger charge is -2.18. The first kappa shape index (κ1) is 18.7. The van der Waals surface area contributed by atoms with E-state index in [1.807, 2.05) is 72.8 Å². The highest BCUT2D eigenvalue weighted by molar-refractivity contribution is 6.21. The van der Waals surface area contributed by atoms with Crippen LogP contribution < -0.4 is 0 Å². The molecule has 0 aliphatic carbocycles. The molecular formula is C44H28O. The largest absolute Gasteiger partial charge is 0.456 e. The Morgan fingerprint density at radius 2 is 0.867 bits per heavy atom. The lowest BCUT2D eigenvalue weighted by molar-refractivity contribution is 0.669. The maximum atomic E-state index is 9.18. The summed E-state index contributed by atoms with van der Waals surface area (Å²) in [6, 6.07) is 36.0. The standard InChI is InChI=1S/C44H28O/c1-3-13-30(14-4-1)39-27-33(28-41-44(39)38-21-11-12-22-40(38)45-41)29-23-25-32(26-24-29)43-36-19-9-7-17-34(36)42(31-15-5-2-6-16-31)35-18-8-10-20-37(35)43/h1-28H/i7D,8D,9D,10D,17D,18D,19D,20D. The lowest BCUT2D eigenvalue weighted by Crippen LogP contribution is -1.91. The van der Waals surface area contributed by atoms with Crippen LogP contribution in [0.4, 0.5) is 0 Å². The van der Waals surface area contributed by atoms with Crippen molar-refractivity contribution in [3.63, 3.8) is 0 Å². The zero-order valence-corrected chi connectivity index (χ0v) is 24.0. The molecule has 0 saturated carbocycles. The Morgan fingerprint density at radius 1 is 0.378 bits per heavy atom. The topological polar surface area (TPSA) is 13.1 Å². The van der Waals surface area contributed by atoms with E-state index >= 15 is 0 Å². The summed E-state index contributed by atoms with van der Waals surface area (Å²) in [7, 11) is 0. The summed E-state index contributed by atoms with van der Waals surface area (Å²) in [5.41, 5.74) is 7.15. The van der Waals surface area contributed by atoms with Gasteiger partial charge in [0, 0.05) is 10.8 Å². The molecule has 1 aromatic heterocycles. The van der Waals surface area contributed by atoms with E-state index in [-0.39, 0.29) is 45.7 Å². The van der Waals surface area contributed by atoms with Crippen LogP contribution in [-0.2, 0) is 0 Å². The third-order valence-electron chi connectivity index (χ3n) is 8.51. The van der Waals surface area contributed by atoms with Gasteiger partial charge in [-0.15, -0.1) is 0 Å². The molecule has 0 atom stereocenters. The molecule has 0 aliphatic rings. The molecule has 9 rings (SSSR count). The second-order valence-corrected chi connectivity index (χ2v) is 11.1. The first-order valence-electron chi connectivity index (χ1n) is 18.8. The summed E-state index contributed by atoms with van der Waals surface area (Å²) in [4.78, 5) is 0. The van der Waals surface area contributed by atoms with Gasteiger partial charge in [-0.1, -0.05) is 151 Å². The van der Waals surface area contributed by atoms with Crippen molar-refractivity contribution in [2.75, 3.05) is 0 Å². The molecule has 0 spiro atoms. The zero-order chi connectivity index (χ0) is 36.7. The van der Waals surface area contributed by atoms with Crippen molar-refractivity contribution in [1.82, 2.24) is 0 Å². The summed E-state index contributed by atoms with van der Waals surface area (Å²) in [6.45, 7) is 0. The van der Waals surface area contributed by atoms with Crippen LogP contribution in [0.2, 0.25) is 0 Å². The number of hydrogen-bond acceptors (Lipinski definition) is 1. The lowest BCUT2D eigenvalue weighted by atomic mass is 9.85. The molecule has 45 heavy (non-hydrogen) atoms. The summed E-state index contributed by atoms with van der Waals surface area (Å²) < 4.78 is 77.6. The minimum Gasteiger partial charge on any atom is -0.456 e. The zero-order valence-electron chi connectivity index (χ0n) is 32.0. The van der Waals surface area contributed by atoms with Gasteiger partial charge in [0.05, 0.1) is 11.0 Å². The maximum absolute atomic E-state index is 9.18. The molecule has 1 nitrogen and oxygen atoms in total. The van der Waals surface area contributed by atoms with Crippen molar-refractivity contribution in [1.29, 1.82) is 0 Å². The third-order valence-corrected chi connectivity index (χ3v) is 8.51. The van der Waals surface area contributed by atoms with Gasteiger partial charge in [-0.05, 0) is 84.3 Å². The molecule has 1 heterocycles. The van der Waals surface area contributed by atoms with E-state index in [1.165, 1.54) is 0 Å². The minimum atomic E-state index is -0.424. The highest BCUT2D eigenvalue weighted by atomic mass is 16.3. The van der Waals surface area contributed by atoms with Crippen LogP contribution in [0.25, 0.3) is 88.0 Å². The van der Waals surface area contributed by atoms with Gasteiger partial charge in [0.15, 0.2) is 0 Å². The van der Waals surface area contributed by atoms with Crippen molar-refractivity contribution in [2.24, 2.45) is 0 Å². The molecule has 0 radical (unpaired) electrons. The van der Waals surface area contributed by atoms with Crippen LogP contribution in [0.1, 0.15) is 11.0 Å². The first-order valence-corrected chi connectivity index (χ1v) is 14.8. The number of furan rings is 1. The Labute approximate surface area is 272 Å². The average Bonchev–Trinajstić information content (AvgIpc) is 3.58. The molecular weight excluding hydrogens is 544 g/mol. The highest BCUT2D eigenvalue weighted by Crippen LogP contribution is 2.44. The molecule has 0 unspecified atom stereocenters. The maximum Gasteiger partial charge on any atom is 0.136 e. The Morgan fingerprint density at radius 3 is 1.47 bits per heavy atom. The fourth-order valence-corrected chi connectivity index (χ4v) is 6.50. The van der Waals surface area contributed by atoms with Crippen LogP contribution in [0.15, 0.2) is 174 Å². The Bertz CT molecular complexity index is 2870. The predicted octanol–water partition coefficient (Wildman–Crippen LogP) is 12.6. The minimum absolute atomic E-state index is 0.190. The molecule has 8 aromatic carbocycles. The van der Waals surface area contributed by atoms with Crippen LogP contribution in [0.5, 0.6) is 0 Å². The summed E-state index contributed by atoms with van der Waals surface area (Å²) in [5, 5.41) is 2.82. The number of rotatable bonds is 4. The van der Waals surface area contributed by atoms with Gasteiger partial charge in [0.1, 0.15) is 11.2 Å². The third kappa shape index (κ3) is 4.17. The van der Waals surface area contributed by atoms with Gasteiger partial charge in [-0.25, -0.2) is 0 Å². The predicted molar refractivity (Wildman–Crippen MR) is 190 cm³/mol. The van der Waals surface area contributed by atoms with E-state index in [9.17, 15) is 2.74 Å². The Balaban J connectivity index is 1.35. The van der Waals surface area contributed by atoms with Gasteiger partial charge >= 0.3 is 0 Å². The van der Waals surface area contributed by atoms with Gasteiger partial charge in [0.25, 0.3) is 0 Å². The van der Waals surface area contributed by atoms with E-state index in [0.29, 0.717) is 22.3 Å². The molecule has 1 heteroatoms. The number of hydrogen-bond donors (Lipinski definition) is 0. The van der Waals surface area contributed by atoms with Crippen molar-refractivity contribution >= 4 is 43.5 Å². The van der Waals surface area contributed by atoms with Crippen LogP contribution in [0, 0.1) is 0 Å². The van der Waals surface area contributed by atoms with E-state index in [1.54, 1.807) is 24.3 Å². The van der Waals surface area contributed by atoms with Crippen molar-refractivity contribution < 1.29 is 15.4 Å². The fourth-order valence-electron chi connectivity index (χ4n) is 6.50. The van der Waals surface area contributed by atoms with Crippen LogP contribution in [-0.4, -0.2) is 0 Å². The van der Waals surface area contributed by atoms with E-state index in [0.717, 1.165) is 44.2 Å². The Hall–Kier alpha value is -5.92. The second-order valence-electron chi connectivity index (χ2n) is 11.1. The number of fused-ring (bicyclic) bond motifs is 5. The van der Waals surface area contributed by atoms with Crippen molar-refractivity contribution in [3.8, 4) is 44.5 Å². The van der Waals surface area contributed by atoms with Crippen molar-refractivity contribution in [3.05, 3.63) is 170 Å². The average molecular weight is 581 g/mol. The second kappa shape index (κ2) is 10.4. The highest BCUT2D eigenvalue weighted by Gasteiger charge is 2.18. The quantitative estimate of drug-likeness (QED) is 0.189. The summed E-state index contributed by atoms with van der Waals surface area (Å²) >= 11 is 0. The van der Waals surface area contributed by atoms with Crippen LogP contribution >= 0.6 is 0 Å². The van der Waals surface area contributed by atoms with Gasteiger partial charge in [0.2, 0.25) is 0 Å². The summed E-state index contributed by atoms with van der Waals surface area (Å²) in [5.74, 6) is 0. The first-order chi connectivity index (χ1) is 25.7.